The Morgan fingerprint density at radius 1 is 1.36 bits per heavy atom. The smallest absolute Gasteiger partial charge is 0.206 e. The van der Waals surface area contributed by atoms with E-state index in [0.717, 1.165) is 23.5 Å². The van der Waals surface area contributed by atoms with E-state index in [4.69, 9.17) is 16.3 Å². The van der Waals surface area contributed by atoms with Gasteiger partial charge in [-0.05, 0) is 32.0 Å². The first-order valence-electron chi connectivity index (χ1n) is 8.13. The lowest BCUT2D eigenvalue weighted by Gasteiger charge is -2.18. The molecule has 0 saturated heterocycles. The molecule has 25 heavy (non-hydrogen) atoms. The van der Waals surface area contributed by atoms with E-state index >= 15 is 0 Å². The fraction of sp³-hybridized carbons (Fsp3) is 0.333. The number of aromatic nitrogens is 1. The summed E-state index contributed by atoms with van der Waals surface area (Å²) in [6, 6.07) is 2.57. The van der Waals surface area contributed by atoms with E-state index in [1.165, 1.54) is 6.07 Å². The third kappa shape index (κ3) is 3.23. The summed E-state index contributed by atoms with van der Waals surface area (Å²) >= 11 is 6.12. The predicted molar refractivity (Wildman–Crippen MR) is 100 cm³/mol. The number of aromatic hydroxyl groups is 2. The number of benzene rings is 1. The van der Waals surface area contributed by atoms with Gasteiger partial charge in [0.05, 0.1) is 10.7 Å². The molecular weight excluding hydrogens is 364 g/mol. The van der Waals surface area contributed by atoms with Gasteiger partial charge in [-0.1, -0.05) is 39.3 Å². The molecule has 2 N–H and O–H groups in total. The second kappa shape index (κ2) is 7.27. The van der Waals surface area contributed by atoms with Crippen LogP contribution < -0.4 is 4.74 Å². The Bertz CT molecular complexity index is 830. The van der Waals surface area contributed by atoms with Crippen LogP contribution in [0, 0.1) is 5.82 Å². The Morgan fingerprint density at radius 3 is 2.76 bits per heavy atom. The lowest BCUT2D eigenvalue weighted by Crippen LogP contribution is -2.09. The minimum atomic E-state index is -0.647. The Balaban J connectivity index is 2.12. The Hall–Kier alpha value is -1.71. The van der Waals surface area contributed by atoms with Crippen LogP contribution in [-0.4, -0.2) is 27.3 Å². The molecule has 1 aromatic carbocycles. The van der Waals surface area contributed by atoms with Gasteiger partial charge >= 0.3 is 0 Å². The summed E-state index contributed by atoms with van der Waals surface area (Å²) in [6.07, 6.45) is 5.80. The zero-order valence-corrected chi connectivity index (χ0v) is 15.8. The van der Waals surface area contributed by atoms with E-state index in [0.29, 0.717) is 31.9 Å². The Morgan fingerprint density at radius 2 is 2.12 bits per heavy atom. The molecule has 0 bridgehead atoms. The number of ether oxygens (including phenoxy) is 1. The Kier molecular flexibility index (Phi) is 5.26. The third-order valence-corrected chi connectivity index (χ3v) is 5.77. The minimum absolute atomic E-state index is 0.00601. The normalized spacial score (nSPS) is 14.9. The summed E-state index contributed by atoms with van der Waals surface area (Å²) in [7, 11) is 0.548. The molecule has 2 aromatic rings. The maximum atomic E-state index is 14.5. The van der Waals surface area contributed by atoms with Crippen molar-refractivity contribution in [2.24, 2.45) is 0 Å². The summed E-state index contributed by atoms with van der Waals surface area (Å²) in [5.74, 6) is -0.682. The van der Waals surface area contributed by atoms with Crippen LogP contribution in [0.3, 0.4) is 0 Å². The Labute approximate surface area is 152 Å². The molecular formula is C18H20ClFNO3P. The third-order valence-electron chi connectivity index (χ3n) is 4.31. The van der Waals surface area contributed by atoms with Crippen molar-refractivity contribution in [3.63, 3.8) is 0 Å². The monoisotopic (exact) mass is 383 g/mol. The maximum absolute atomic E-state index is 14.5. The van der Waals surface area contributed by atoms with Crippen LogP contribution in [0.15, 0.2) is 18.2 Å². The number of rotatable bonds is 5. The molecule has 0 fully saturated rings. The lowest BCUT2D eigenvalue weighted by atomic mass is 10.0. The molecule has 0 radical (unpaired) electrons. The number of hydrogen-bond donors (Lipinski definition) is 2. The number of hydrogen-bond acceptors (Lipinski definition) is 3. The molecule has 2 unspecified atom stereocenters. The molecule has 7 heteroatoms. The lowest BCUT2D eigenvalue weighted by molar-refractivity contribution is 0.280. The average Bonchev–Trinajstić information content (AvgIpc) is 2.86. The van der Waals surface area contributed by atoms with Crippen molar-refractivity contribution in [3.8, 4) is 23.2 Å². The summed E-state index contributed by atoms with van der Waals surface area (Å²) < 4.78 is 21.5. The fourth-order valence-corrected chi connectivity index (χ4v) is 3.82. The molecule has 2 atom stereocenters. The second-order valence-corrected chi connectivity index (χ2v) is 7.48. The molecule has 0 aliphatic heterocycles. The van der Waals surface area contributed by atoms with Crippen LogP contribution in [0.1, 0.15) is 30.9 Å². The highest BCUT2D eigenvalue weighted by molar-refractivity contribution is 7.37. The standard InChI is InChI=1S/C18H20ClFNO3P/c1-3-16(25-2)24-15-9-14(13(20)8-12(15)19)21-17(22)10-6-4-5-7-11(10)18(21)23/h4,6,8-9,16,22-23,25H,3,5,7H2,1-2H3. The van der Waals surface area contributed by atoms with Crippen LogP contribution in [0.5, 0.6) is 17.5 Å². The van der Waals surface area contributed by atoms with Gasteiger partial charge in [0.15, 0.2) is 0 Å². The maximum Gasteiger partial charge on any atom is 0.206 e. The molecule has 1 heterocycles. The zero-order chi connectivity index (χ0) is 18.1. The topological polar surface area (TPSA) is 54.6 Å². The zero-order valence-electron chi connectivity index (χ0n) is 14.0. The van der Waals surface area contributed by atoms with Gasteiger partial charge in [-0.3, -0.25) is 0 Å². The molecule has 1 aliphatic rings. The van der Waals surface area contributed by atoms with Crippen molar-refractivity contribution < 1.29 is 19.3 Å². The van der Waals surface area contributed by atoms with Gasteiger partial charge in [0, 0.05) is 17.2 Å². The van der Waals surface area contributed by atoms with Gasteiger partial charge in [-0.2, -0.15) is 0 Å². The van der Waals surface area contributed by atoms with Crippen LogP contribution in [-0.2, 0) is 6.42 Å². The average molecular weight is 384 g/mol. The molecule has 1 aromatic heterocycles. The van der Waals surface area contributed by atoms with Crippen LogP contribution in [0.2, 0.25) is 5.02 Å². The molecule has 4 nitrogen and oxygen atoms in total. The molecule has 3 rings (SSSR count). The first kappa shape index (κ1) is 18.1. The van der Waals surface area contributed by atoms with Crippen molar-refractivity contribution in [3.05, 3.63) is 40.2 Å². The van der Waals surface area contributed by atoms with Gasteiger partial charge in [0.2, 0.25) is 11.8 Å². The van der Waals surface area contributed by atoms with Crippen molar-refractivity contribution in [1.82, 2.24) is 4.57 Å². The summed E-state index contributed by atoms with van der Waals surface area (Å²) in [5.41, 5.74) is 1.13. The molecule has 0 spiro atoms. The van der Waals surface area contributed by atoms with E-state index in [1.54, 1.807) is 6.08 Å². The molecule has 0 saturated carbocycles. The van der Waals surface area contributed by atoms with Crippen molar-refractivity contribution in [1.29, 1.82) is 0 Å². The number of fused-ring (bicyclic) bond motifs is 1. The van der Waals surface area contributed by atoms with E-state index in [2.05, 4.69) is 0 Å². The predicted octanol–water partition coefficient (Wildman–Crippen LogP) is 5.06. The van der Waals surface area contributed by atoms with Crippen LogP contribution in [0.4, 0.5) is 4.39 Å². The summed E-state index contributed by atoms with van der Waals surface area (Å²) in [6.45, 7) is 4.03. The highest BCUT2D eigenvalue weighted by atomic mass is 35.5. The fourth-order valence-electron chi connectivity index (χ4n) is 2.97. The van der Waals surface area contributed by atoms with Gasteiger partial charge < -0.3 is 14.9 Å². The van der Waals surface area contributed by atoms with Crippen molar-refractivity contribution in [2.75, 3.05) is 6.66 Å². The summed E-state index contributed by atoms with van der Waals surface area (Å²) in [4.78, 5) is 0. The van der Waals surface area contributed by atoms with Gasteiger partial charge in [-0.15, -0.1) is 0 Å². The van der Waals surface area contributed by atoms with E-state index in [1.807, 2.05) is 19.7 Å². The molecule has 0 amide bonds. The van der Waals surface area contributed by atoms with Gasteiger partial charge in [0.25, 0.3) is 0 Å². The van der Waals surface area contributed by atoms with Gasteiger partial charge in [0.1, 0.15) is 17.4 Å². The first-order valence-corrected chi connectivity index (χ1v) is 10.1. The number of allylic oxidation sites excluding steroid dienone is 1. The molecule has 1 aliphatic carbocycles. The molecule has 134 valence electrons. The van der Waals surface area contributed by atoms with E-state index in [-0.39, 0.29) is 28.3 Å². The first-order chi connectivity index (χ1) is 12.0. The van der Waals surface area contributed by atoms with Crippen LogP contribution in [0.25, 0.3) is 11.8 Å². The van der Waals surface area contributed by atoms with Crippen LogP contribution >= 0.6 is 20.2 Å². The van der Waals surface area contributed by atoms with E-state index < -0.39 is 5.82 Å². The minimum Gasteiger partial charge on any atom is -0.494 e. The quantitative estimate of drug-likeness (QED) is 0.709. The van der Waals surface area contributed by atoms with Gasteiger partial charge in [-0.25, -0.2) is 8.96 Å². The second-order valence-electron chi connectivity index (χ2n) is 5.85. The largest absolute Gasteiger partial charge is 0.494 e. The number of nitrogens with zero attached hydrogens (tertiary/aromatic N) is 1. The summed E-state index contributed by atoms with van der Waals surface area (Å²) in [5, 5.41) is 21.1. The van der Waals surface area contributed by atoms with Crippen molar-refractivity contribution in [2.45, 2.75) is 32.0 Å². The highest BCUT2D eigenvalue weighted by Crippen LogP contribution is 2.42. The van der Waals surface area contributed by atoms with E-state index in [9.17, 15) is 14.6 Å². The van der Waals surface area contributed by atoms with Crippen molar-refractivity contribution >= 4 is 26.3 Å². The number of halogens is 2. The highest BCUT2D eigenvalue weighted by Gasteiger charge is 2.25. The SMILES string of the molecule is CCC(Oc1cc(-n2c(O)c3c(c2O)CCC=C3)c(F)cc1Cl)PC.